The Bertz CT molecular complexity index is 660. The first-order valence-corrected chi connectivity index (χ1v) is 8.48. The van der Waals surface area contributed by atoms with Crippen LogP contribution in [0, 0.1) is 0 Å². The summed E-state index contributed by atoms with van der Waals surface area (Å²) >= 11 is 0. The van der Waals surface area contributed by atoms with Crippen molar-refractivity contribution in [1.29, 1.82) is 0 Å². The molecule has 1 aliphatic rings. The van der Waals surface area contributed by atoms with Crippen LogP contribution >= 0.6 is 0 Å². The summed E-state index contributed by atoms with van der Waals surface area (Å²) in [7, 11) is 5.19. The Morgan fingerprint density at radius 1 is 1.12 bits per heavy atom. The predicted octanol–water partition coefficient (Wildman–Crippen LogP) is 3.84. The van der Waals surface area contributed by atoms with E-state index in [1.165, 1.54) is 0 Å². The molecule has 1 aliphatic carbocycles. The summed E-state index contributed by atoms with van der Waals surface area (Å²) in [6, 6.07) is 6.66. The number of nitrogens with zero attached hydrogens (tertiary/aromatic N) is 2. The highest BCUT2D eigenvalue weighted by molar-refractivity contribution is 5.59. The lowest BCUT2D eigenvalue weighted by Gasteiger charge is -2.29. The number of hydrogen-bond acceptors (Lipinski definition) is 4. The molecule has 0 atom stereocenters. The lowest BCUT2D eigenvalue weighted by atomic mass is 9.92. The van der Waals surface area contributed by atoms with Crippen LogP contribution in [-0.4, -0.2) is 37.0 Å². The molecule has 0 N–H and O–H groups in total. The molecule has 1 aromatic carbocycles. The van der Waals surface area contributed by atoms with Crippen molar-refractivity contribution < 1.29 is 14.2 Å². The van der Waals surface area contributed by atoms with Crippen LogP contribution in [0.2, 0.25) is 0 Å². The maximum Gasteiger partial charge on any atom is 0.140 e. The number of benzene rings is 1. The van der Waals surface area contributed by atoms with Crippen LogP contribution in [0.3, 0.4) is 0 Å². The van der Waals surface area contributed by atoms with Gasteiger partial charge in [-0.3, -0.25) is 0 Å². The summed E-state index contributed by atoms with van der Waals surface area (Å²) in [5.41, 5.74) is 2.14. The second-order valence-corrected chi connectivity index (χ2v) is 6.28. The maximum atomic E-state index is 5.49. The van der Waals surface area contributed by atoms with E-state index < -0.39 is 0 Å². The normalized spacial score (nSPS) is 21.0. The van der Waals surface area contributed by atoms with E-state index in [1.54, 1.807) is 14.2 Å². The summed E-state index contributed by atoms with van der Waals surface area (Å²) in [4.78, 5) is 4.61. The Hall–Kier alpha value is -1.85. The number of rotatable bonds is 6. The van der Waals surface area contributed by atoms with Crippen molar-refractivity contribution in [1.82, 2.24) is 9.55 Å². The summed E-state index contributed by atoms with van der Waals surface area (Å²) < 4.78 is 18.5. The Morgan fingerprint density at radius 2 is 1.92 bits per heavy atom. The molecule has 5 nitrogen and oxygen atoms in total. The summed E-state index contributed by atoms with van der Waals surface area (Å²) in [5.74, 6) is 1.86. The Balaban J connectivity index is 1.86. The molecular formula is C19H26N2O3. The van der Waals surface area contributed by atoms with Crippen LogP contribution < -0.4 is 4.74 Å². The average molecular weight is 330 g/mol. The van der Waals surface area contributed by atoms with Gasteiger partial charge < -0.3 is 18.8 Å². The van der Waals surface area contributed by atoms with E-state index >= 15 is 0 Å². The molecule has 5 heteroatoms. The van der Waals surface area contributed by atoms with Gasteiger partial charge in [0.1, 0.15) is 11.6 Å². The lowest BCUT2D eigenvalue weighted by Crippen LogP contribution is -2.22. The highest BCUT2D eigenvalue weighted by Gasteiger charge is 2.24. The van der Waals surface area contributed by atoms with Crippen LogP contribution in [0.25, 0.3) is 11.4 Å². The van der Waals surface area contributed by atoms with E-state index in [9.17, 15) is 0 Å². The zero-order valence-electron chi connectivity index (χ0n) is 14.7. The van der Waals surface area contributed by atoms with Crippen molar-refractivity contribution in [3.63, 3.8) is 0 Å². The van der Waals surface area contributed by atoms with Crippen molar-refractivity contribution >= 4 is 0 Å². The van der Waals surface area contributed by atoms with Crippen LogP contribution in [0.1, 0.15) is 37.3 Å². The van der Waals surface area contributed by atoms with Crippen molar-refractivity contribution in [2.24, 2.45) is 0 Å². The Labute approximate surface area is 143 Å². The molecule has 2 aromatic rings. The molecule has 1 aromatic heterocycles. The molecule has 0 aliphatic heterocycles. The van der Waals surface area contributed by atoms with Crippen molar-refractivity contribution in [3.05, 3.63) is 36.2 Å². The minimum Gasteiger partial charge on any atom is -0.496 e. The van der Waals surface area contributed by atoms with Gasteiger partial charge in [-0.15, -0.1) is 0 Å². The molecule has 0 unspecified atom stereocenters. The quantitative estimate of drug-likeness (QED) is 0.807. The number of aromatic nitrogens is 2. The third kappa shape index (κ3) is 3.47. The number of ether oxygens (including phenoxy) is 3. The fraction of sp³-hybridized carbons (Fsp3) is 0.526. The summed E-state index contributed by atoms with van der Waals surface area (Å²) in [5, 5.41) is 0. The summed E-state index contributed by atoms with van der Waals surface area (Å²) in [6.45, 7) is 0.524. The van der Waals surface area contributed by atoms with Crippen LogP contribution in [0.5, 0.6) is 5.75 Å². The first-order chi connectivity index (χ1) is 11.8. The third-order valence-corrected chi connectivity index (χ3v) is 4.88. The van der Waals surface area contributed by atoms with Gasteiger partial charge in [-0.25, -0.2) is 4.98 Å². The first kappa shape index (κ1) is 17.0. The molecule has 0 spiro atoms. The van der Waals surface area contributed by atoms with Crippen LogP contribution in [0.15, 0.2) is 30.6 Å². The fourth-order valence-electron chi connectivity index (χ4n) is 3.58. The van der Waals surface area contributed by atoms with E-state index in [1.807, 2.05) is 19.4 Å². The standard InChI is InChI=1S/C19H26N2O3/c1-22-13-15-12-14(4-9-18(15)24-3)19-20-10-11-21(19)16-5-7-17(23-2)8-6-16/h4,9-12,16-17H,5-8,13H2,1-3H3. The molecule has 24 heavy (non-hydrogen) atoms. The molecule has 1 fully saturated rings. The van der Waals surface area contributed by atoms with Gasteiger partial charge in [-0.1, -0.05) is 0 Å². The largest absolute Gasteiger partial charge is 0.496 e. The topological polar surface area (TPSA) is 45.5 Å². The van der Waals surface area contributed by atoms with E-state index in [4.69, 9.17) is 14.2 Å². The molecule has 3 rings (SSSR count). The van der Waals surface area contributed by atoms with E-state index in [2.05, 4.69) is 27.9 Å². The SMILES string of the molecule is COCc1cc(-c2nccn2C2CCC(OC)CC2)ccc1OC. The van der Waals surface area contributed by atoms with Gasteiger partial charge in [0.05, 0.1) is 19.8 Å². The fourth-order valence-corrected chi connectivity index (χ4v) is 3.58. The van der Waals surface area contributed by atoms with Gasteiger partial charge >= 0.3 is 0 Å². The minimum atomic E-state index is 0.405. The number of imidazole rings is 1. The molecule has 0 radical (unpaired) electrons. The molecular weight excluding hydrogens is 304 g/mol. The second kappa shape index (κ2) is 7.81. The summed E-state index contributed by atoms with van der Waals surface area (Å²) in [6.07, 6.45) is 8.85. The van der Waals surface area contributed by atoms with E-state index in [0.29, 0.717) is 18.8 Å². The van der Waals surface area contributed by atoms with Crippen LogP contribution in [0.4, 0.5) is 0 Å². The van der Waals surface area contributed by atoms with E-state index in [0.717, 1.165) is 48.4 Å². The molecule has 0 bridgehead atoms. The van der Waals surface area contributed by atoms with E-state index in [-0.39, 0.29) is 0 Å². The van der Waals surface area contributed by atoms with Crippen molar-refractivity contribution in [2.45, 2.75) is 44.4 Å². The second-order valence-electron chi connectivity index (χ2n) is 6.28. The highest BCUT2D eigenvalue weighted by Crippen LogP contribution is 2.34. The average Bonchev–Trinajstić information content (AvgIpc) is 3.12. The molecule has 0 saturated heterocycles. The molecule has 1 heterocycles. The lowest BCUT2D eigenvalue weighted by molar-refractivity contribution is 0.0586. The smallest absolute Gasteiger partial charge is 0.140 e. The van der Waals surface area contributed by atoms with Gasteiger partial charge in [0.15, 0.2) is 0 Å². The first-order valence-electron chi connectivity index (χ1n) is 8.48. The van der Waals surface area contributed by atoms with Gasteiger partial charge in [-0.2, -0.15) is 0 Å². The van der Waals surface area contributed by atoms with Gasteiger partial charge in [0.2, 0.25) is 0 Å². The van der Waals surface area contributed by atoms with Crippen LogP contribution in [-0.2, 0) is 16.1 Å². The zero-order valence-corrected chi connectivity index (χ0v) is 14.7. The highest BCUT2D eigenvalue weighted by atomic mass is 16.5. The maximum absolute atomic E-state index is 5.49. The van der Waals surface area contributed by atoms with Gasteiger partial charge in [-0.05, 0) is 43.9 Å². The molecule has 0 amide bonds. The van der Waals surface area contributed by atoms with Gasteiger partial charge in [0, 0.05) is 43.8 Å². The molecule has 130 valence electrons. The number of hydrogen-bond donors (Lipinski definition) is 0. The Kier molecular flexibility index (Phi) is 5.53. The Morgan fingerprint density at radius 3 is 2.58 bits per heavy atom. The van der Waals surface area contributed by atoms with Crippen molar-refractivity contribution in [3.8, 4) is 17.1 Å². The predicted molar refractivity (Wildman–Crippen MR) is 93.2 cm³/mol. The monoisotopic (exact) mass is 330 g/mol. The van der Waals surface area contributed by atoms with Gasteiger partial charge in [0.25, 0.3) is 0 Å². The third-order valence-electron chi connectivity index (χ3n) is 4.88. The van der Waals surface area contributed by atoms with Crippen molar-refractivity contribution in [2.75, 3.05) is 21.3 Å². The molecule has 1 saturated carbocycles. The number of methoxy groups -OCH3 is 3. The minimum absolute atomic E-state index is 0.405. The zero-order chi connectivity index (χ0) is 16.9.